The molecular formula is C24H30N2O5. The molecule has 0 radical (unpaired) electrons. The number of hydrogen-bond acceptors (Lipinski definition) is 5. The van der Waals surface area contributed by atoms with Crippen molar-refractivity contribution in [1.29, 1.82) is 0 Å². The van der Waals surface area contributed by atoms with Crippen LogP contribution in [0.5, 0.6) is 0 Å². The van der Waals surface area contributed by atoms with Gasteiger partial charge in [0.1, 0.15) is 12.2 Å². The summed E-state index contributed by atoms with van der Waals surface area (Å²) in [7, 11) is 0. The lowest BCUT2D eigenvalue weighted by atomic mass is 10.1. The van der Waals surface area contributed by atoms with Crippen LogP contribution in [0.1, 0.15) is 31.9 Å². The molecule has 7 nitrogen and oxygen atoms in total. The van der Waals surface area contributed by atoms with Crippen LogP contribution in [-0.4, -0.2) is 57.9 Å². The van der Waals surface area contributed by atoms with E-state index < -0.39 is 29.9 Å². The molecule has 1 saturated heterocycles. The molecule has 2 aromatic rings. The molecule has 1 fully saturated rings. The van der Waals surface area contributed by atoms with Gasteiger partial charge >= 0.3 is 12.2 Å². The van der Waals surface area contributed by atoms with Crippen molar-refractivity contribution in [2.24, 2.45) is 0 Å². The van der Waals surface area contributed by atoms with Gasteiger partial charge in [0.25, 0.3) is 0 Å². The van der Waals surface area contributed by atoms with Crippen molar-refractivity contribution >= 4 is 12.2 Å². The highest BCUT2D eigenvalue weighted by Crippen LogP contribution is 2.22. The lowest BCUT2D eigenvalue weighted by molar-refractivity contribution is 0.0267. The summed E-state index contributed by atoms with van der Waals surface area (Å²) >= 11 is 0. The Morgan fingerprint density at radius 2 is 1.58 bits per heavy atom. The number of ether oxygens (including phenoxy) is 2. The van der Waals surface area contributed by atoms with Crippen LogP contribution in [0.4, 0.5) is 9.59 Å². The van der Waals surface area contributed by atoms with Crippen LogP contribution in [-0.2, 0) is 22.6 Å². The van der Waals surface area contributed by atoms with Gasteiger partial charge in [0.2, 0.25) is 0 Å². The highest BCUT2D eigenvalue weighted by Gasteiger charge is 2.41. The lowest BCUT2D eigenvalue weighted by Gasteiger charge is -2.30. The van der Waals surface area contributed by atoms with Gasteiger partial charge in [0, 0.05) is 13.1 Å². The number of carbonyl (C=O) groups excluding carboxylic acids is 2. The molecule has 2 atom stereocenters. The minimum Gasteiger partial charge on any atom is -0.445 e. The molecule has 31 heavy (non-hydrogen) atoms. The summed E-state index contributed by atoms with van der Waals surface area (Å²) in [5.74, 6) is 0. The highest BCUT2D eigenvalue weighted by molar-refractivity contribution is 5.71. The number of carbonyl (C=O) groups is 2. The van der Waals surface area contributed by atoms with E-state index in [1.165, 1.54) is 9.80 Å². The first-order valence-electron chi connectivity index (χ1n) is 10.4. The van der Waals surface area contributed by atoms with Crippen LogP contribution in [0.25, 0.3) is 0 Å². The van der Waals surface area contributed by atoms with Crippen LogP contribution < -0.4 is 0 Å². The minimum absolute atomic E-state index is 0.0941. The molecule has 1 aliphatic rings. The van der Waals surface area contributed by atoms with Gasteiger partial charge in [-0.25, -0.2) is 9.59 Å². The van der Waals surface area contributed by atoms with Crippen LogP contribution >= 0.6 is 0 Å². The van der Waals surface area contributed by atoms with E-state index in [0.29, 0.717) is 0 Å². The van der Waals surface area contributed by atoms with Crippen molar-refractivity contribution in [3.05, 3.63) is 71.8 Å². The van der Waals surface area contributed by atoms with Crippen LogP contribution in [0.2, 0.25) is 0 Å². The fourth-order valence-electron chi connectivity index (χ4n) is 3.45. The number of hydrogen-bond donors (Lipinski definition) is 1. The quantitative estimate of drug-likeness (QED) is 0.787. The van der Waals surface area contributed by atoms with Crippen LogP contribution in [0.15, 0.2) is 60.7 Å². The smallest absolute Gasteiger partial charge is 0.410 e. The number of aliphatic hydroxyl groups excluding tert-OH is 1. The summed E-state index contributed by atoms with van der Waals surface area (Å²) < 4.78 is 11.0. The van der Waals surface area contributed by atoms with E-state index >= 15 is 0 Å². The fraction of sp³-hybridized carbons (Fsp3) is 0.417. The summed E-state index contributed by atoms with van der Waals surface area (Å²) in [5.41, 5.74) is 1.14. The Hall–Kier alpha value is -3.06. The van der Waals surface area contributed by atoms with Gasteiger partial charge in [-0.05, 0) is 31.9 Å². The maximum Gasteiger partial charge on any atom is 0.410 e. The average molecular weight is 427 g/mol. The topological polar surface area (TPSA) is 79.3 Å². The molecule has 1 aliphatic heterocycles. The minimum atomic E-state index is -0.902. The third kappa shape index (κ3) is 6.46. The molecule has 2 amide bonds. The summed E-state index contributed by atoms with van der Waals surface area (Å²) in [6.07, 6.45) is -1.95. The Morgan fingerprint density at radius 3 is 2.16 bits per heavy atom. The Morgan fingerprint density at radius 1 is 1.00 bits per heavy atom. The molecule has 1 N–H and O–H groups in total. The van der Waals surface area contributed by atoms with E-state index in [0.717, 1.165) is 11.1 Å². The van der Waals surface area contributed by atoms with Crippen molar-refractivity contribution in [2.75, 3.05) is 13.1 Å². The van der Waals surface area contributed by atoms with E-state index in [1.54, 1.807) is 20.8 Å². The van der Waals surface area contributed by atoms with Crippen molar-refractivity contribution in [3.8, 4) is 0 Å². The molecule has 1 heterocycles. The van der Waals surface area contributed by atoms with Gasteiger partial charge < -0.3 is 19.5 Å². The molecule has 0 bridgehead atoms. The van der Waals surface area contributed by atoms with Crippen molar-refractivity contribution in [2.45, 2.75) is 51.7 Å². The van der Waals surface area contributed by atoms with Crippen LogP contribution in [0.3, 0.4) is 0 Å². The maximum atomic E-state index is 13.0. The zero-order valence-corrected chi connectivity index (χ0v) is 18.2. The Kier molecular flexibility index (Phi) is 7.17. The van der Waals surface area contributed by atoms with E-state index in [4.69, 9.17) is 9.47 Å². The SMILES string of the molecule is CC(C)(C)OC(=O)N1C[C@@H](O)[C@H](N(Cc2ccccc2)C(=O)OCc2ccccc2)C1. The zero-order chi connectivity index (χ0) is 22.4. The standard InChI is InChI=1S/C24H30N2O5/c1-24(2,3)31-22(28)25-15-20(21(27)16-25)26(14-18-10-6-4-7-11-18)23(29)30-17-19-12-8-5-9-13-19/h4-13,20-21,27H,14-17H2,1-3H3/t20-,21-/m1/s1. The van der Waals surface area contributed by atoms with Gasteiger partial charge in [-0.2, -0.15) is 0 Å². The lowest BCUT2D eigenvalue weighted by Crippen LogP contribution is -2.47. The van der Waals surface area contributed by atoms with Gasteiger partial charge in [0.15, 0.2) is 0 Å². The first-order chi connectivity index (χ1) is 14.7. The molecule has 0 unspecified atom stereocenters. The monoisotopic (exact) mass is 426 g/mol. The molecule has 7 heteroatoms. The number of aliphatic hydroxyl groups is 1. The Labute approximate surface area is 183 Å². The molecule has 0 aromatic heterocycles. The van der Waals surface area contributed by atoms with Gasteiger partial charge in [0.05, 0.1) is 18.7 Å². The predicted octanol–water partition coefficient (Wildman–Crippen LogP) is 3.81. The second kappa shape index (κ2) is 9.83. The van der Waals surface area contributed by atoms with Gasteiger partial charge in [-0.15, -0.1) is 0 Å². The van der Waals surface area contributed by atoms with Crippen molar-refractivity contribution < 1.29 is 24.2 Å². The molecule has 0 saturated carbocycles. The summed E-state index contributed by atoms with van der Waals surface area (Å²) in [6.45, 7) is 6.02. The number of amides is 2. The third-order valence-corrected chi connectivity index (χ3v) is 4.95. The summed E-state index contributed by atoms with van der Waals surface area (Å²) in [4.78, 5) is 28.4. The fourth-order valence-corrected chi connectivity index (χ4v) is 3.45. The van der Waals surface area contributed by atoms with Crippen molar-refractivity contribution in [1.82, 2.24) is 9.80 Å². The summed E-state index contributed by atoms with van der Waals surface area (Å²) in [5, 5.41) is 10.7. The molecule has 3 rings (SSSR count). The average Bonchev–Trinajstić information content (AvgIpc) is 3.12. The first kappa shape index (κ1) is 22.6. The summed E-state index contributed by atoms with van der Waals surface area (Å²) in [6, 6.07) is 18.3. The van der Waals surface area contributed by atoms with Gasteiger partial charge in [-0.3, -0.25) is 4.90 Å². The molecule has 0 aliphatic carbocycles. The number of benzene rings is 2. The predicted molar refractivity (Wildman–Crippen MR) is 116 cm³/mol. The van der Waals surface area contributed by atoms with E-state index in [-0.39, 0.29) is 26.2 Å². The van der Waals surface area contributed by atoms with E-state index in [9.17, 15) is 14.7 Å². The molecule has 166 valence electrons. The maximum absolute atomic E-state index is 13.0. The van der Waals surface area contributed by atoms with Crippen molar-refractivity contribution in [3.63, 3.8) is 0 Å². The third-order valence-electron chi connectivity index (χ3n) is 4.95. The number of likely N-dealkylation sites (tertiary alicyclic amines) is 1. The largest absolute Gasteiger partial charge is 0.445 e. The zero-order valence-electron chi connectivity index (χ0n) is 18.2. The number of β-amino-alcohol motifs (C(OH)–C–C–N with tert-alkyl or cyclic N) is 1. The molecule has 2 aromatic carbocycles. The molecule has 0 spiro atoms. The second-order valence-corrected chi connectivity index (χ2v) is 8.67. The Balaban J connectivity index is 1.73. The van der Waals surface area contributed by atoms with Gasteiger partial charge in [-0.1, -0.05) is 60.7 Å². The molecular weight excluding hydrogens is 396 g/mol. The first-order valence-corrected chi connectivity index (χ1v) is 10.4. The highest BCUT2D eigenvalue weighted by atomic mass is 16.6. The second-order valence-electron chi connectivity index (χ2n) is 8.67. The number of nitrogens with zero attached hydrogens (tertiary/aromatic N) is 2. The van der Waals surface area contributed by atoms with Crippen LogP contribution in [0, 0.1) is 0 Å². The van der Waals surface area contributed by atoms with E-state index in [2.05, 4.69) is 0 Å². The number of rotatable bonds is 5. The Bertz CT molecular complexity index is 867. The van der Waals surface area contributed by atoms with E-state index in [1.807, 2.05) is 60.7 Å². The normalized spacial score (nSPS) is 18.5.